The maximum absolute atomic E-state index is 6.25. The molecule has 1 aromatic carbocycles. The van der Waals surface area contributed by atoms with Crippen molar-refractivity contribution in [1.82, 2.24) is 4.90 Å². The van der Waals surface area contributed by atoms with E-state index >= 15 is 0 Å². The standard InChI is InChI=1S/C22H35NO3/c1-6-7-12-25-21-13-16-10-11-23-15-17(26-22(2,3)4)8-9-19(23)18(16)14-20(21)24-5/h13-14,17,19H,6-12,15H2,1-5H3. The molecule has 0 saturated carbocycles. The van der Waals surface area contributed by atoms with Crippen LogP contribution in [0.2, 0.25) is 0 Å². The summed E-state index contributed by atoms with van der Waals surface area (Å²) in [6.07, 6.45) is 5.89. The van der Waals surface area contributed by atoms with Crippen LogP contribution >= 0.6 is 0 Å². The van der Waals surface area contributed by atoms with E-state index in [0.717, 1.165) is 63.3 Å². The second-order valence-corrected chi connectivity index (χ2v) is 8.59. The van der Waals surface area contributed by atoms with Gasteiger partial charge in [0.2, 0.25) is 0 Å². The Balaban J connectivity index is 1.75. The molecule has 0 N–H and O–H groups in total. The van der Waals surface area contributed by atoms with Crippen LogP contribution in [0.1, 0.15) is 70.5 Å². The van der Waals surface area contributed by atoms with E-state index in [9.17, 15) is 0 Å². The fourth-order valence-corrected chi connectivity index (χ4v) is 4.21. The number of ether oxygens (including phenoxy) is 3. The molecule has 1 fully saturated rings. The first-order valence-electron chi connectivity index (χ1n) is 10.2. The molecule has 26 heavy (non-hydrogen) atoms. The SMILES string of the molecule is CCCCOc1cc2c(cc1OC)C1CCC(OC(C)(C)C)CN1CC2. The third-order valence-electron chi connectivity index (χ3n) is 5.37. The van der Waals surface area contributed by atoms with E-state index in [-0.39, 0.29) is 5.60 Å². The van der Waals surface area contributed by atoms with Crippen molar-refractivity contribution in [3.05, 3.63) is 23.3 Å². The zero-order valence-electron chi connectivity index (χ0n) is 17.1. The third kappa shape index (κ3) is 4.52. The topological polar surface area (TPSA) is 30.9 Å². The molecule has 2 unspecified atom stereocenters. The van der Waals surface area contributed by atoms with Gasteiger partial charge in [-0.25, -0.2) is 0 Å². The molecule has 146 valence electrons. The van der Waals surface area contributed by atoms with Crippen LogP contribution < -0.4 is 9.47 Å². The Bertz CT molecular complexity index is 608. The van der Waals surface area contributed by atoms with Gasteiger partial charge in [-0.05, 0) is 69.7 Å². The van der Waals surface area contributed by atoms with Gasteiger partial charge in [-0.3, -0.25) is 4.90 Å². The van der Waals surface area contributed by atoms with Crippen LogP contribution in [-0.4, -0.2) is 43.4 Å². The van der Waals surface area contributed by atoms with E-state index < -0.39 is 0 Å². The summed E-state index contributed by atoms with van der Waals surface area (Å²) in [5.41, 5.74) is 2.78. The molecule has 0 radical (unpaired) electrons. The van der Waals surface area contributed by atoms with E-state index in [0.29, 0.717) is 12.1 Å². The summed E-state index contributed by atoms with van der Waals surface area (Å²) < 4.78 is 17.9. The first-order valence-corrected chi connectivity index (χ1v) is 10.2. The number of hydrogen-bond donors (Lipinski definition) is 0. The normalized spacial score (nSPS) is 23.3. The minimum atomic E-state index is -0.0703. The van der Waals surface area contributed by atoms with Crippen LogP contribution in [-0.2, 0) is 11.2 Å². The number of hydrogen-bond acceptors (Lipinski definition) is 4. The molecule has 0 amide bonds. The molecule has 0 aromatic heterocycles. The Kier molecular flexibility index (Phi) is 6.13. The zero-order chi connectivity index (χ0) is 18.7. The Labute approximate surface area is 158 Å². The summed E-state index contributed by atoms with van der Waals surface area (Å²) in [5.74, 6) is 1.77. The molecular weight excluding hydrogens is 326 g/mol. The summed E-state index contributed by atoms with van der Waals surface area (Å²) in [7, 11) is 1.74. The molecule has 4 heteroatoms. The van der Waals surface area contributed by atoms with Gasteiger partial charge in [0.05, 0.1) is 25.4 Å². The van der Waals surface area contributed by atoms with Crippen LogP contribution in [0.15, 0.2) is 12.1 Å². The lowest BCUT2D eigenvalue weighted by molar-refractivity contribution is -0.0971. The quantitative estimate of drug-likeness (QED) is 0.684. The van der Waals surface area contributed by atoms with Gasteiger partial charge in [0.15, 0.2) is 11.5 Å². The van der Waals surface area contributed by atoms with Gasteiger partial charge in [-0.1, -0.05) is 13.3 Å². The highest BCUT2D eigenvalue weighted by Crippen LogP contribution is 2.42. The van der Waals surface area contributed by atoms with Crippen LogP contribution in [0, 0.1) is 0 Å². The highest BCUT2D eigenvalue weighted by molar-refractivity contribution is 5.49. The lowest BCUT2D eigenvalue weighted by atomic mass is 9.85. The number of fused-ring (bicyclic) bond motifs is 3. The first-order chi connectivity index (χ1) is 12.4. The molecule has 0 bridgehead atoms. The van der Waals surface area contributed by atoms with E-state index in [2.05, 4.69) is 44.7 Å². The third-order valence-corrected chi connectivity index (χ3v) is 5.37. The number of piperidine rings is 1. The Morgan fingerprint density at radius 1 is 1.15 bits per heavy atom. The molecule has 1 aromatic rings. The maximum Gasteiger partial charge on any atom is 0.161 e. The number of benzene rings is 1. The zero-order valence-corrected chi connectivity index (χ0v) is 17.1. The molecule has 2 aliphatic rings. The van der Waals surface area contributed by atoms with Crippen LogP contribution in [0.4, 0.5) is 0 Å². The molecule has 2 heterocycles. The van der Waals surface area contributed by atoms with Gasteiger partial charge in [0, 0.05) is 19.1 Å². The van der Waals surface area contributed by atoms with Crippen molar-refractivity contribution in [3.63, 3.8) is 0 Å². The van der Waals surface area contributed by atoms with Gasteiger partial charge in [0.1, 0.15) is 0 Å². The van der Waals surface area contributed by atoms with Gasteiger partial charge < -0.3 is 14.2 Å². The molecule has 1 saturated heterocycles. The molecule has 4 nitrogen and oxygen atoms in total. The second-order valence-electron chi connectivity index (χ2n) is 8.59. The summed E-state index contributed by atoms with van der Waals surface area (Å²) in [6, 6.07) is 4.93. The second kappa shape index (κ2) is 8.18. The molecule has 2 atom stereocenters. The summed E-state index contributed by atoms with van der Waals surface area (Å²) in [5, 5.41) is 0. The van der Waals surface area contributed by atoms with Crippen molar-refractivity contribution in [3.8, 4) is 11.5 Å². The van der Waals surface area contributed by atoms with E-state index in [1.165, 1.54) is 11.1 Å². The summed E-state index contributed by atoms with van der Waals surface area (Å²) >= 11 is 0. The fraction of sp³-hybridized carbons (Fsp3) is 0.727. The molecular formula is C22H35NO3. The summed E-state index contributed by atoms with van der Waals surface area (Å²) in [4.78, 5) is 2.60. The van der Waals surface area contributed by atoms with E-state index in [4.69, 9.17) is 14.2 Å². The van der Waals surface area contributed by atoms with E-state index in [1.54, 1.807) is 7.11 Å². The number of nitrogens with zero attached hydrogens (tertiary/aromatic N) is 1. The summed E-state index contributed by atoms with van der Waals surface area (Å²) in [6.45, 7) is 11.5. The van der Waals surface area contributed by atoms with Crippen molar-refractivity contribution in [2.24, 2.45) is 0 Å². The molecule has 2 aliphatic heterocycles. The highest BCUT2D eigenvalue weighted by Gasteiger charge is 2.35. The molecule has 0 spiro atoms. The number of unbranched alkanes of at least 4 members (excludes halogenated alkanes) is 1. The first kappa shape index (κ1) is 19.5. The van der Waals surface area contributed by atoms with Crippen molar-refractivity contribution in [1.29, 1.82) is 0 Å². The maximum atomic E-state index is 6.25. The fourth-order valence-electron chi connectivity index (χ4n) is 4.21. The number of rotatable bonds is 6. The van der Waals surface area contributed by atoms with Crippen LogP contribution in [0.5, 0.6) is 11.5 Å². The largest absolute Gasteiger partial charge is 0.493 e. The van der Waals surface area contributed by atoms with Crippen molar-refractivity contribution >= 4 is 0 Å². The van der Waals surface area contributed by atoms with Crippen LogP contribution in [0.3, 0.4) is 0 Å². The minimum Gasteiger partial charge on any atom is -0.493 e. The Morgan fingerprint density at radius 2 is 1.96 bits per heavy atom. The van der Waals surface area contributed by atoms with Crippen molar-refractivity contribution < 1.29 is 14.2 Å². The van der Waals surface area contributed by atoms with Gasteiger partial charge >= 0.3 is 0 Å². The van der Waals surface area contributed by atoms with Gasteiger partial charge in [-0.15, -0.1) is 0 Å². The minimum absolute atomic E-state index is 0.0703. The van der Waals surface area contributed by atoms with Gasteiger partial charge in [0.25, 0.3) is 0 Å². The highest BCUT2D eigenvalue weighted by atomic mass is 16.5. The average Bonchev–Trinajstić information content (AvgIpc) is 2.59. The van der Waals surface area contributed by atoms with Gasteiger partial charge in [-0.2, -0.15) is 0 Å². The van der Waals surface area contributed by atoms with Crippen molar-refractivity contribution in [2.75, 3.05) is 26.8 Å². The molecule has 0 aliphatic carbocycles. The monoisotopic (exact) mass is 361 g/mol. The lowest BCUT2D eigenvalue weighted by Crippen LogP contribution is -2.47. The predicted molar refractivity (Wildman–Crippen MR) is 105 cm³/mol. The van der Waals surface area contributed by atoms with Crippen molar-refractivity contribution in [2.45, 2.75) is 77.5 Å². The number of methoxy groups -OCH3 is 1. The van der Waals surface area contributed by atoms with Crippen LogP contribution in [0.25, 0.3) is 0 Å². The lowest BCUT2D eigenvalue weighted by Gasteiger charge is -2.44. The Morgan fingerprint density at radius 3 is 2.65 bits per heavy atom. The average molecular weight is 362 g/mol. The predicted octanol–water partition coefficient (Wildman–Crippen LogP) is 4.75. The molecule has 3 rings (SSSR count). The smallest absolute Gasteiger partial charge is 0.161 e. The van der Waals surface area contributed by atoms with E-state index in [1.807, 2.05) is 0 Å². The Hall–Kier alpha value is -1.26.